The second-order valence-corrected chi connectivity index (χ2v) is 9.09. The van der Waals surface area contributed by atoms with Crippen molar-refractivity contribution in [2.45, 2.75) is 63.6 Å². The van der Waals surface area contributed by atoms with Crippen LogP contribution in [0.2, 0.25) is 0 Å². The van der Waals surface area contributed by atoms with Crippen LogP contribution >= 0.6 is 0 Å². The van der Waals surface area contributed by atoms with Gasteiger partial charge in [-0.1, -0.05) is 24.4 Å². The molecule has 7 nitrogen and oxygen atoms in total. The lowest BCUT2D eigenvalue weighted by Gasteiger charge is -2.28. The van der Waals surface area contributed by atoms with Gasteiger partial charge < -0.3 is 14.9 Å². The Kier molecular flexibility index (Phi) is 6.64. The number of aliphatic hydroxyl groups is 1. The lowest BCUT2D eigenvalue weighted by molar-refractivity contribution is 0.0750. The number of hydrogen-bond donors (Lipinski definition) is 2. The van der Waals surface area contributed by atoms with Crippen LogP contribution in [-0.4, -0.2) is 50.4 Å². The van der Waals surface area contributed by atoms with Crippen molar-refractivity contribution in [3.05, 3.63) is 48.1 Å². The van der Waals surface area contributed by atoms with Crippen LogP contribution < -0.4 is 5.32 Å². The summed E-state index contributed by atoms with van der Waals surface area (Å²) in [5.41, 5.74) is 2.96. The summed E-state index contributed by atoms with van der Waals surface area (Å²) < 4.78 is 19.4. The molecule has 1 aliphatic heterocycles. The van der Waals surface area contributed by atoms with Gasteiger partial charge in [0, 0.05) is 30.9 Å². The normalized spacial score (nSPS) is 18.5. The summed E-state index contributed by atoms with van der Waals surface area (Å²) >= 11 is 0. The third kappa shape index (κ3) is 5.23. The van der Waals surface area contributed by atoms with Crippen molar-refractivity contribution in [2.24, 2.45) is 0 Å². The highest BCUT2D eigenvalue weighted by Crippen LogP contribution is 2.35. The molecule has 1 aromatic carbocycles. The molecule has 3 heterocycles. The zero-order valence-electron chi connectivity index (χ0n) is 18.7. The number of nitrogens with zero attached hydrogens (tertiary/aromatic N) is 4. The maximum atomic E-state index is 13.5. The van der Waals surface area contributed by atoms with Gasteiger partial charge in [-0.05, 0) is 56.0 Å². The number of piperidine rings is 1. The molecular formula is C25H30FN5O2. The van der Waals surface area contributed by atoms with Gasteiger partial charge in [-0.3, -0.25) is 4.90 Å². The van der Waals surface area contributed by atoms with Crippen molar-refractivity contribution in [3.8, 4) is 22.5 Å². The van der Waals surface area contributed by atoms with Gasteiger partial charge in [-0.25, -0.2) is 14.4 Å². The first kappa shape index (κ1) is 22.0. The van der Waals surface area contributed by atoms with Gasteiger partial charge in [0.05, 0.1) is 23.9 Å². The Balaban J connectivity index is 1.47. The maximum absolute atomic E-state index is 13.5. The summed E-state index contributed by atoms with van der Waals surface area (Å²) in [5, 5.41) is 17.7. The van der Waals surface area contributed by atoms with Crippen LogP contribution in [0.1, 0.15) is 50.7 Å². The molecule has 1 saturated carbocycles. The summed E-state index contributed by atoms with van der Waals surface area (Å²) in [6.45, 7) is 2.17. The van der Waals surface area contributed by atoms with E-state index < -0.39 is 0 Å². The highest BCUT2D eigenvalue weighted by molar-refractivity contribution is 5.80. The Morgan fingerprint density at radius 3 is 2.55 bits per heavy atom. The summed E-state index contributed by atoms with van der Waals surface area (Å²) in [6, 6.07) is 8.53. The highest BCUT2D eigenvalue weighted by Gasteiger charge is 2.25. The van der Waals surface area contributed by atoms with E-state index >= 15 is 0 Å². The predicted octanol–water partition coefficient (Wildman–Crippen LogP) is 4.64. The first-order valence-corrected chi connectivity index (χ1v) is 11.9. The number of nitrogens with one attached hydrogen (secondary N) is 1. The van der Waals surface area contributed by atoms with Crippen molar-refractivity contribution in [3.63, 3.8) is 0 Å². The Morgan fingerprint density at radius 2 is 1.79 bits per heavy atom. The van der Waals surface area contributed by atoms with E-state index in [4.69, 9.17) is 9.51 Å². The van der Waals surface area contributed by atoms with E-state index in [1.807, 2.05) is 6.07 Å². The monoisotopic (exact) mass is 451 g/mol. The van der Waals surface area contributed by atoms with Crippen LogP contribution in [0.4, 0.5) is 10.3 Å². The molecular weight excluding hydrogens is 421 g/mol. The molecule has 174 valence electrons. The van der Waals surface area contributed by atoms with E-state index in [0.29, 0.717) is 30.0 Å². The van der Waals surface area contributed by atoms with Crippen molar-refractivity contribution in [2.75, 3.05) is 18.4 Å². The Hall–Kier alpha value is -2.84. The third-order valence-corrected chi connectivity index (χ3v) is 6.65. The van der Waals surface area contributed by atoms with Crippen molar-refractivity contribution >= 4 is 5.95 Å². The van der Waals surface area contributed by atoms with Gasteiger partial charge in [0.2, 0.25) is 5.95 Å². The number of hydrogen-bond acceptors (Lipinski definition) is 7. The van der Waals surface area contributed by atoms with E-state index in [-0.39, 0.29) is 11.9 Å². The molecule has 2 fully saturated rings. The molecule has 0 amide bonds. The largest absolute Gasteiger partial charge is 0.393 e. The fourth-order valence-corrected chi connectivity index (χ4v) is 4.78. The predicted molar refractivity (Wildman–Crippen MR) is 124 cm³/mol. The zero-order chi connectivity index (χ0) is 22.6. The fourth-order valence-electron chi connectivity index (χ4n) is 4.78. The zero-order valence-corrected chi connectivity index (χ0v) is 18.7. The molecule has 1 aliphatic carbocycles. The van der Waals surface area contributed by atoms with Gasteiger partial charge in [-0.15, -0.1) is 0 Å². The van der Waals surface area contributed by atoms with Gasteiger partial charge in [0.15, 0.2) is 5.76 Å². The van der Waals surface area contributed by atoms with Crippen molar-refractivity contribution < 1.29 is 14.0 Å². The van der Waals surface area contributed by atoms with Crippen LogP contribution in [0, 0.1) is 5.82 Å². The number of rotatable bonds is 6. The Labute approximate surface area is 193 Å². The van der Waals surface area contributed by atoms with E-state index in [1.54, 1.807) is 18.3 Å². The Bertz CT molecular complexity index is 1060. The summed E-state index contributed by atoms with van der Waals surface area (Å²) in [6.07, 6.45) is 9.03. The van der Waals surface area contributed by atoms with Crippen molar-refractivity contribution in [1.29, 1.82) is 0 Å². The minimum absolute atomic E-state index is 0.236. The molecule has 0 bridgehead atoms. The molecule has 5 rings (SSSR count). The smallest absolute Gasteiger partial charge is 0.223 e. The van der Waals surface area contributed by atoms with E-state index in [0.717, 1.165) is 55.6 Å². The van der Waals surface area contributed by atoms with E-state index in [2.05, 4.69) is 20.4 Å². The number of likely N-dealkylation sites (tertiary alicyclic amines) is 1. The highest BCUT2D eigenvalue weighted by atomic mass is 19.1. The SMILES string of the molecule is OC1CCN(Cc2onc(-c3ccc(F)cc3)c2-c2ccnc(NC3CCCCC3)n2)CC1. The molecule has 0 radical (unpaired) electrons. The van der Waals surface area contributed by atoms with Crippen LogP contribution in [0.5, 0.6) is 0 Å². The molecule has 0 unspecified atom stereocenters. The van der Waals surface area contributed by atoms with Crippen LogP contribution in [0.3, 0.4) is 0 Å². The lowest BCUT2D eigenvalue weighted by Crippen LogP contribution is -2.35. The van der Waals surface area contributed by atoms with Crippen LogP contribution in [0.15, 0.2) is 41.1 Å². The molecule has 0 atom stereocenters. The van der Waals surface area contributed by atoms with Gasteiger partial charge in [-0.2, -0.15) is 0 Å². The first-order valence-electron chi connectivity index (χ1n) is 11.9. The second kappa shape index (κ2) is 9.97. The maximum Gasteiger partial charge on any atom is 0.223 e. The molecule has 3 aromatic rings. The third-order valence-electron chi connectivity index (χ3n) is 6.65. The number of aliphatic hydroxyl groups excluding tert-OH is 1. The van der Waals surface area contributed by atoms with E-state index in [1.165, 1.54) is 31.4 Å². The standard InChI is InChI=1S/C25H30FN5O2/c26-18-8-6-17(7-9-18)24-23(22(33-30-24)16-31-14-11-20(32)12-15-31)21-10-13-27-25(29-21)28-19-4-2-1-3-5-19/h6-10,13,19-20,32H,1-5,11-12,14-16H2,(H,27,28,29). The molecule has 1 saturated heterocycles. The average Bonchev–Trinajstić information content (AvgIpc) is 3.25. The Morgan fingerprint density at radius 1 is 1.03 bits per heavy atom. The molecule has 2 N–H and O–H groups in total. The summed E-state index contributed by atoms with van der Waals surface area (Å²) in [5.74, 6) is 1.03. The minimum Gasteiger partial charge on any atom is -0.393 e. The number of halogens is 1. The molecule has 2 aliphatic rings. The minimum atomic E-state index is -0.295. The van der Waals surface area contributed by atoms with Gasteiger partial charge >= 0.3 is 0 Å². The summed E-state index contributed by atoms with van der Waals surface area (Å²) in [7, 11) is 0. The summed E-state index contributed by atoms with van der Waals surface area (Å²) in [4.78, 5) is 11.5. The molecule has 33 heavy (non-hydrogen) atoms. The van der Waals surface area contributed by atoms with Crippen molar-refractivity contribution in [1.82, 2.24) is 20.0 Å². The molecule has 0 spiro atoms. The number of aromatic nitrogens is 3. The molecule has 2 aromatic heterocycles. The number of anilines is 1. The molecule has 8 heteroatoms. The van der Waals surface area contributed by atoms with Gasteiger partial charge in [0.1, 0.15) is 11.5 Å². The second-order valence-electron chi connectivity index (χ2n) is 9.09. The quantitative estimate of drug-likeness (QED) is 0.565. The number of benzene rings is 1. The average molecular weight is 452 g/mol. The van der Waals surface area contributed by atoms with E-state index in [9.17, 15) is 9.50 Å². The fraction of sp³-hybridized carbons (Fsp3) is 0.480. The van der Waals surface area contributed by atoms with Gasteiger partial charge in [0.25, 0.3) is 0 Å². The van der Waals surface area contributed by atoms with Crippen LogP contribution in [0.25, 0.3) is 22.5 Å². The first-order chi connectivity index (χ1) is 16.2. The van der Waals surface area contributed by atoms with Crippen LogP contribution in [-0.2, 0) is 6.54 Å². The lowest BCUT2D eigenvalue weighted by atomic mass is 9.96. The topological polar surface area (TPSA) is 87.3 Å².